The van der Waals surface area contributed by atoms with Gasteiger partial charge in [-0.25, -0.2) is 8.78 Å². The van der Waals surface area contributed by atoms with Crippen molar-refractivity contribution in [2.75, 3.05) is 0 Å². The topological polar surface area (TPSA) is 35.5 Å². The van der Waals surface area contributed by atoms with Gasteiger partial charge >= 0.3 is 7.12 Å². The lowest BCUT2D eigenvalue weighted by atomic mass is 9.75. The number of aldehydes is 1. The summed E-state index contributed by atoms with van der Waals surface area (Å²) in [6.45, 7) is 7.26. The molecule has 0 radical (unpaired) electrons. The average molecular weight is 268 g/mol. The zero-order valence-corrected chi connectivity index (χ0v) is 11.3. The van der Waals surface area contributed by atoms with Gasteiger partial charge in [-0.3, -0.25) is 4.79 Å². The standard InChI is InChI=1S/C13H15BF2O3/c1-12(2)13(3,4)19-14(18-12)11-8(7-17)5-9(15)6-10(11)16/h5-7H,1-4H3. The third-order valence-corrected chi connectivity index (χ3v) is 3.74. The van der Waals surface area contributed by atoms with Crippen LogP contribution < -0.4 is 5.46 Å². The summed E-state index contributed by atoms with van der Waals surface area (Å²) in [4.78, 5) is 11.0. The summed E-state index contributed by atoms with van der Waals surface area (Å²) in [6, 6.07) is 1.68. The molecule has 0 aromatic heterocycles. The summed E-state index contributed by atoms with van der Waals surface area (Å²) in [5.74, 6) is -1.65. The summed E-state index contributed by atoms with van der Waals surface area (Å²) in [7, 11) is -1.02. The Hall–Kier alpha value is -1.27. The average Bonchev–Trinajstić information content (AvgIpc) is 2.46. The van der Waals surface area contributed by atoms with Crippen LogP contribution in [0, 0.1) is 11.6 Å². The smallest absolute Gasteiger partial charge is 0.399 e. The highest BCUT2D eigenvalue weighted by Gasteiger charge is 2.53. The van der Waals surface area contributed by atoms with Gasteiger partial charge in [0.2, 0.25) is 0 Å². The van der Waals surface area contributed by atoms with E-state index in [0.29, 0.717) is 12.4 Å². The van der Waals surface area contributed by atoms with E-state index in [1.54, 1.807) is 0 Å². The molecule has 0 atom stereocenters. The minimum absolute atomic E-state index is 0.0601. The number of benzene rings is 1. The Balaban J connectivity index is 2.48. The SMILES string of the molecule is CC1(C)OB(c2c(F)cc(F)cc2C=O)OC1(C)C. The Morgan fingerprint density at radius 2 is 1.63 bits per heavy atom. The Morgan fingerprint density at radius 3 is 2.11 bits per heavy atom. The molecule has 1 heterocycles. The van der Waals surface area contributed by atoms with Crippen LogP contribution in [0.1, 0.15) is 38.1 Å². The highest BCUT2D eigenvalue weighted by Crippen LogP contribution is 2.36. The quantitative estimate of drug-likeness (QED) is 0.608. The Morgan fingerprint density at radius 1 is 1.11 bits per heavy atom. The van der Waals surface area contributed by atoms with E-state index in [1.807, 2.05) is 27.7 Å². The number of rotatable bonds is 2. The molecule has 0 spiro atoms. The van der Waals surface area contributed by atoms with Crippen molar-refractivity contribution in [3.8, 4) is 0 Å². The first-order valence-electron chi connectivity index (χ1n) is 5.98. The van der Waals surface area contributed by atoms with Crippen molar-refractivity contribution in [2.24, 2.45) is 0 Å². The highest BCUT2D eigenvalue weighted by atomic mass is 19.1. The van der Waals surface area contributed by atoms with Gasteiger partial charge < -0.3 is 9.31 Å². The van der Waals surface area contributed by atoms with Crippen LogP contribution in [0.4, 0.5) is 8.78 Å². The number of carbonyl (C=O) groups excluding carboxylic acids is 1. The van der Waals surface area contributed by atoms with Gasteiger partial charge in [0.15, 0.2) is 0 Å². The van der Waals surface area contributed by atoms with Crippen molar-refractivity contribution in [2.45, 2.75) is 38.9 Å². The normalized spacial score (nSPS) is 20.6. The second-order valence-corrected chi connectivity index (χ2v) is 5.60. The van der Waals surface area contributed by atoms with Crippen LogP contribution in [-0.4, -0.2) is 24.6 Å². The highest BCUT2D eigenvalue weighted by molar-refractivity contribution is 6.63. The summed E-state index contributed by atoms with van der Waals surface area (Å²) in [5, 5.41) is 0. The molecule has 1 aliphatic heterocycles. The third kappa shape index (κ3) is 2.30. The second-order valence-electron chi connectivity index (χ2n) is 5.60. The maximum Gasteiger partial charge on any atom is 0.498 e. The van der Waals surface area contributed by atoms with Crippen LogP contribution in [0.5, 0.6) is 0 Å². The molecule has 6 heteroatoms. The predicted octanol–water partition coefficient (Wildman–Crippen LogP) is 2.08. The molecule has 1 aromatic rings. The summed E-state index contributed by atoms with van der Waals surface area (Å²) < 4.78 is 38.3. The van der Waals surface area contributed by atoms with Crippen LogP contribution in [0.3, 0.4) is 0 Å². The van der Waals surface area contributed by atoms with Crippen LogP contribution in [0.25, 0.3) is 0 Å². The molecule has 1 aromatic carbocycles. The molecule has 1 saturated heterocycles. The van der Waals surface area contributed by atoms with Gasteiger partial charge in [0, 0.05) is 17.1 Å². The number of hydrogen-bond acceptors (Lipinski definition) is 3. The van der Waals surface area contributed by atoms with Gasteiger partial charge in [-0.15, -0.1) is 0 Å². The first kappa shape index (κ1) is 14.2. The lowest BCUT2D eigenvalue weighted by Gasteiger charge is -2.32. The first-order chi connectivity index (χ1) is 8.68. The fourth-order valence-corrected chi connectivity index (χ4v) is 1.91. The summed E-state index contributed by atoms with van der Waals surface area (Å²) in [5.41, 5.74) is -1.47. The zero-order chi connectivity index (χ0) is 14.4. The van der Waals surface area contributed by atoms with Crippen LogP contribution in [-0.2, 0) is 9.31 Å². The molecular formula is C13H15BF2O3. The molecule has 0 saturated carbocycles. The largest absolute Gasteiger partial charge is 0.498 e. The van der Waals surface area contributed by atoms with E-state index in [-0.39, 0.29) is 11.0 Å². The second kappa shape index (κ2) is 4.39. The van der Waals surface area contributed by atoms with Crippen LogP contribution >= 0.6 is 0 Å². The lowest BCUT2D eigenvalue weighted by molar-refractivity contribution is 0.00578. The third-order valence-electron chi connectivity index (χ3n) is 3.74. The van der Waals surface area contributed by atoms with Gasteiger partial charge in [-0.1, -0.05) is 0 Å². The monoisotopic (exact) mass is 268 g/mol. The van der Waals surface area contributed by atoms with Crippen molar-refractivity contribution < 1.29 is 22.9 Å². The lowest BCUT2D eigenvalue weighted by Crippen LogP contribution is -2.41. The van der Waals surface area contributed by atoms with Crippen molar-refractivity contribution >= 4 is 18.9 Å². The van der Waals surface area contributed by atoms with E-state index in [0.717, 1.165) is 6.07 Å². The van der Waals surface area contributed by atoms with E-state index in [2.05, 4.69) is 0 Å². The fraction of sp³-hybridized carbons (Fsp3) is 0.462. The fourth-order valence-electron chi connectivity index (χ4n) is 1.91. The van der Waals surface area contributed by atoms with Crippen molar-refractivity contribution in [3.63, 3.8) is 0 Å². The summed E-state index contributed by atoms with van der Waals surface area (Å²) in [6.07, 6.45) is 0.395. The van der Waals surface area contributed by atoms with E-state index >= 15 is 0 Å². The molecule has 1 aliphatic rings. The molecule has 102 valence electrons. The van der Waals surface area contributed by atoms with Gasteiger partial charge in [-0.2, -0.15) is 0 Å². The maximum atomic E-state index is 13.9. The van der Waals surface area contributed by atoms with Crippen molar-refractivity contribution in [3.05, 3.63) is 29.3 Å². The van der Waals surface area contributed by atoms with Crippen molar-refractivity contribution in [1.82, 2.24) is 0 Å². The maximum absolute atomic E-state index is 13.9. The molecule has 3 nitrogen and oxygen atoms in total. The molecule has 19 heavy (non-hydrogen) atoms. The van der Waals surface area contributed by atoms with Crippen LogP contribution in [0.2, 0.25) is 0 Å². The first-order valence-corrected chi connectivity index (χ1v) is 5.98. The molecule has 0 amide bonds. The Kier molecular flexibility index (Phi) is 3.27. The minimum Gasteiger partial charge on any atom is -0.399 e. The number of carbonyl (C=O) groups is 1. The van der Waals surface area contributed by atoms with E-state index < -0.39 is 30.0 Å². The van der Waals surface area contributed by atoms with Crippen LogP contribution in [0.15, 0.2) is 12.1 Å². The van der Waals surface area contributed by atoms with E-state index in [1.165, 1.54) is 0 Å². The molecule has 0 bridgehead atoms. The molecule has 0 N–H and O–H groups in total. The number of hydrogen-bond donors (Lipinski definition) is 0. The Labute approximate surface area is 111 Å². The van der Waals surface area contributed by atoms with Gasteiger partial charge in [0.05, 0.1) is 11.2 Å². The van der Waals surface area contributed by atoms with E-state index in [9.17, 15) is 13.6 Å². The van der Waals surface area contributed by atoms with Gasteiger partial charge in [-0.05, 0) is 33.8 Å². The molecule has 0 unspecified atom stereocenters. The molecule has 2 rings (SSSR count). The number of halogens is 2. The molecule has 1 fully saturated rings. The van der Waals surface area contributed by atoms with Crippen molar-refractivity contribution in [1.29, 1.82) is 0 Å². The molecule has 0 aliphatic carbocycles. The predicted molar refractivity (Wildman–Crippen MR) is 67.5 cm³/mol. The Bertz CT molecular complexity index is 513. The minimum atomic E-state index is -1.02. The van der Waals surface area contributed by atoms with E-state index in [4.69, 9.17) is 9.31 Å². The molecular weight excluding hydrogens is 253 g/mol. The summed E-state index contributed by atoms with van der Waals surface area (Å²) >= 11 is 0. The zero-order valence-electron chi connectivity index (χ0n) is 11.3. The van der Waals surface area contributed by atoms with Gasteiger partial charge in [0.1, 0.15) is 17.9 Å². The van der Waals surface area contributed by atoms with Gasteiger partial charge in [0.25, 0.3) is 0 Å².